The van der Waals surface area contributed by atoms with Crippen molar-refractivity contribution in [1.82, 2.24) is 19.4 Å². The van der Waals surface area contributed by atoms with Crippen molar-refractivity contribution in [2.75, 3.05) is 6.54 Å². The van der Waals surface area contributed by atoms with E-state index >= 15 is 0 Å². The summed E-state index contributed by atoms with van der Waals surface area (Å²) in [5.74, 6) is -0.217. The van der Waals surface area contributed by atoms with Crippen LogP contribution in [0.15, 0.2) is 83.5 Å². The highest BCUT2D eigenvalue weighted by molar-refractivity contribution is 5.95. The fraction of sp³-hybridized carbons (Fsp3) is 0.240. The molecular weight excluding hydrogens is 416 g/mol. The van der Waals surface area contributed by atoms with E-state index in [-0.39, 0.29) is 17.6 Å². The van der Waals surface area contributed by atoms with E-state index in [1.165, 1.54) is 11.8 Å². The molecule has 4 heterocycles. The molecule has 1 N–H and O–H groups in total. The minimum absolute atomic E-state index is 0.0193. The molecule has 33 heavy (non-hydrogen) atoms. The first kappa shape index (κ1) is 21.0. The Morgan fingerprint density at radius 2 is 1.88 bits per heavy atom. The fourth-order valence-corrected chi connectivity index (χ4v) is 4.46. The van der Waals surface area contributed by atoms with Crippen LogP contribution >= 0.6 is 0 Å². The molecule has 0 radical (unpaired) electrons. The van der Waals surface area contributed by atoms with E-state index in [9.17, 15) is 9.90 Å². The second-order valence-electron chi connectivity index (χ2n) is 8.11. The summed E-state index contributed by atoms with van der Waals surface area (Å²) in [7, 11) is 0. The van der Waals surface area contributed by atoms with Crippen LogP contribution in [0.1, 0.15) is 41.2 Å². The lowest BCUT2D eigenvalue weighted by atomic mass is 9.96. The van der Waals surface area contributed by atoms with Crippen LogP contribution in [0.3, 0.4) is 0 Å². The summed E-state index contributed by atoms with van der Waals surface area (Å²) >= 11 is 0. The summed E-state index contributed by atoms with van der Waals surface area (Å²) < 4.78 is 1.93. The monoisotopic (exact) mass is 440 g/mol. The predicted octanol–water partition coefficient (Wildman–Crippen LogP) is 5.25. The van der Waals surface area contributed by atoms with E-state index in [4.69, 9.17) is 0 Å². The van der Waals surface area contributed by atoms with Gasteiger partial charge in [0, 0.05) is 42.8 Å². The molecule has 0 aliphatic carbocycles. The van der Waals surface area contributed by atoms with Crippen LogP contribution < -0.4 is 0 Å². The molecule has 4 aromatic rings. The van der Waals surface area contributed by atoms with Gasteiger partial charge >= 0.3 is 0 Å². The van der Waals surface area contributed by atoms with E-state index in [1.807, 2.05) is 41.2 Å². The number of benzene rings is 1. The molecule has 0 bridgehead atoms. The summed E-state index contributed by atoms with van der Waals surface area (Å²) in [5.41, 5.74) is 2.41. The van der Waals surface area contributed by atoms with Crippen molar-refractivity contribution >= 4 is 22.6 Å². The number of likely N-dealkylation sites (tertiary alicyclic amines) is 1. The summed E-state index contributed by atoms with van der Waals surface area (Å²) in [6, 6.07) is 15.3. The van der Waals surface area contributed by atoms with E-state index in [1.54, 1.807) is 18.3 Å². The molecule has 1 aliphatic rings. The van der Waals surface area contributed by atoms with Gasteiger partial charge in [0.15, 0.2) is 11.6 Å². The number of carbonyl (C=O) groups excluding carboxylic acids is 1. The number of aromatic hydroxyl groups is 1. The van der Waals surface area contributed by atoms with Crippen molar-refractivity contribution in [3.63, 3.8) is 0 Å². The number of fused-ring (bicyclic) bond motifs is 1. The third kappa shape index (κ3) is 4.25. The number of hydrogen-bond acceptors (Lipinski definition) is 6. The number of aromatic nitrogens is 3. The summed E-state index contributed by atoms with van der Waals surface area (Å²) in [6.07, 6.45) is 9.99. The van der Waals surface area contributed by atoms with Crippen LogP contribution in [-0.2, 0) is 6.67 Å². The van der Waals surface area contributed by atoms with Gasteiger partial charge < -0.3 is 9.67 Å². The van der Waals surface area contributed by atoms with Gasteiger partial charge in [-0.3, -0.25) is 19.7 Å². The molecule has 0 spiro atoms. The number of azo groups is 1. The van der Waals surface area contributed by atoms with E-state index < -0.39 is 5.91 Å². The Kier molecular flexibility index (Phi) is 5.91. The average molecular weight is 441 g/mol. The molecule has 3 aromatic heterocycles. The topological polar surface area (TPSA) is 96.0 Å². The van der Waals surface area contributed by atoms with Crippen molar-refractivity contribution in [3.05, 3.63) is 84.4 Å². The maximum absolute atomic E-state index is 12.5. The molecular formula is C25H24N6O2. The highest BCUT2D eigenvalue weighted by atomic mass is 16.3. The fourth-order valence-electron chi connectivity index (χ4n) is 4.46. The summed E-state index contributed by atoms with van der Waals surface area (Å²) in [5, 5.41) is 19.7. The summed E-state index contributed by atoms with van der Waals surface area (Å²) in [4.78, 5) is 23.0. The second-order valence-corrected chi connectivity index (χ2v) is 8.11. The summed E-state index contributed by atoms with van der Waals surface area (Å²) in [6.45, 7) is 1.44. The molecule has 5 rings (SSSR count). The minimum atomic E-state index is -0.507. The number of rotatable bonds is 5. The number of hydrogen-bond donors (Lipinski definition) is 1. The highest BCUT2D eigenvalue weighted by Crippen LogP contribution is 2.40. The van der Waals surface area contributed by atoms with Gasteiger partial charge in [-0.1, -0.05) is 18.6 Å². The highest BCUT2D eigenvalue weighted by Gasteiger charge is 2.26. The van der Waals surface area contributed by atoms with Crippen molar-refractivity contribution in [2.24, 2.45) is 10.2 Å². The van der Waals surface area contributed by atoms with Crippen LogP contribution in [0, 0.1) is 0 Å². The molecule has 1 aromatic carbocycles. The zero-order chi connectivity index (χ0) is 22.6. The molecule has 0 saturated carbocycles. The average Bonchev–Trinajstić information content (AvgIpc) is 3.14. The van der Waals surface area contributed by atoms with Crippen LogP contribution in [0.2, 0.25) is 0 Å². The molecule has 8 nitrogen and oxygen atoms in total. The van der Waals surface area contributed by atoms with Crippen LogP contribution in [0.5, 0.6) is 5.75 Å². The number of piperidine rings is 1. The molecule has 1 atom stereocenters. The second kappa shape index (κ2) is 9.30. The lowest BCUT2D eigenvalue weighted by Crippen LogP contribution is -2.34. The number of pyridine rings is 2. The Hall–Kier alpha value is -3.91. The Balaban J connectivity index is 1.52. The normalized spacial score (nSPS) is 17.0. The zero-order valence-corrected chi connectivity index (χ0v) is 18.1. The SMILES string of the molecule is O=C(N=Nc1c(O)c2ccccc2n1CN1CCCC[C@@H]1c1ccncc1)c1cccnc1. The maximum atomic E-state index is 12.5. The van der Waals surface area contributed by atoms with Gasteiger partial charge in [-0.2, -0.15) is 0 Å². The van der Waals surface area contributed by atoms with Gasteiger partial charge in [-0.05, 0) is 54.8 Å². The molecule has 8 heteroatoms. The lowest BCUT2D eigenvalue weighted by molar-refractivity contribution is 0.0993. The van der Waals surface area contributed by atoms with E-state index in [0.717, 1.165) is 31.3 Å². The zero-order valence-electron chi connectivity index (χ0n) is 18.1. The third-order valence-corrected chi connectivity index (χ3v) is 6.09. The van der Waals surface area contributed by atoms with Crippen molar-refractivity contribution in [1.29, 1.82) is 0 Å². The van der Waals surface area contributed by atoms with Crippen LogP contribution in [-0.4, -0.2) is 37.0 Å². The van der Waals surface area contributed by atoms with E-state index in [0.29, 0.717) is 17.6 Å². The van der Waals surface area contributed by atoms with Crippen molar-refractivity contribution in [2.45, 2.75) is 32.0 Å². The van der Waals surface area contributed by atoms with Gasteiger partial charge in [-0.15, -0.1) is 10.2 Å². The minimum Gasteiger partial charge on any atom is -0.504 e. The van der Waals surface area contributed by atoms with Gasteiger partial charge in [0.05, 0.1) is 17.7 Å². The quantitative estimate of drug-likeness (QED) is 0.428. The van der Waals surface area contributed by atoms with Gasteiger partial charge in [0.2, 0.25) is 0 Å². The number of nitrogens with zero attached hydrogens (tertiary/aromatic N) is 6. The van der Waals surface area contributed by atoms with Crippen molar-refractivity contribution < 1.29 is 9.90 Å². The first-order valence-corrected chi connectivity index (χ1v) is 11.0. The number of carbonyl (C=O) groups is 1. The lowest BCUT2D eigenvalue weighted by Gasteiger charge is -2.36. The number of para-hydroxylation sites is 1. The largest absolute Gasteiger partial charge is 0.504 e. The smallest absolute Gasteiger partial charge is 0.297 e. The predicted molar refractivity (Wildman–Crippen MR) is 124 cm³/mol. The Labute approximate surface area is 191 Å². The molecule has 1 aliphatic heterocycles. The van der Waals surface area contributed by atoms with Crippen molar-refractivity contribution in [3.8, 4) is 5.75 Å². The van der Waals surface area contributed by atoms with E-state index in [2.05, 4.69) is 37.2 Å². The van der Waals surface area contributed by atoms with Gasteiger partial charge in [-0.25, -0.2) is 0 Å². The number of amides is 1. The first-order valence-electron chi connectivity index (χ1n) is 11.0. The molecule has 1 saturated heterocycles. The van der Waals surface area contributed by atoms with Crippen LogP contribution in [0.25, 0.3) is 10.9 Å². The molecule has 0 unspecified atom stereocenters. The maximum Gasteiger partial charge on any atom is 0.297 e. The molecule has 166 valence electrons. The van der Waals surface area contributed by atoms with Gasteiger partial charge in [0.1, 0.15) is 0 Å². The molecule has 1 fully saturated rings. The first-order chi connectivity index (χ1) is 16.2. The standard InChI is InChI=1S/C25H24N6O2/c32-23-20-7-1-2-9-22(20)31(24(23)28-29-25(33)19-6-5-12-27-16-19)17-30-15-4-3-8-21(30)18-10-13-26-14-11-18/h1-2,5-7,9-14,16,21,32H,3-4,8,15,17H2/t21-/m1/s1. The Bertz CT molecular complexity index is 1290. The Morgan fingerprint density at radius 1 is 1.03 bits per heavy atom. The molecule has 1 amide bonds. The third-order valence-electron chi connectivity index (χ3n) is 6.09. The van der Waals surface area contributed by atoms with Crippen LogP contribution in [0.4, 0.5) is 5.82 Å². The Morgan fingerprint density at radius 3 is 2.70 bits per heavy atom. The van der Waals surface area contributed by atoms with Gasteiger partial charge in [0.25, 0.3) is 5.91 Å².